The van der Waals surface area contributed by atoms with Gasteiger partial charge in [-0.05, 0) is 30.7 Å². The molecule has 1 aromatic heterocycles. The third kappa shape index (κ3) is 1.31. The Bertz CT molecular complexity index is 420. The number of benzene rings is 1. The molecule has 2 nitrogen and oxygen atoms in total. The van der Waals surface area contributed by atoms with Crippen LogP contribution in [0.2, 0.25) is 0 Å². The molecule has 0 radical (unpaired) electrons. The summed E-state index contributed by atoms with van der Waals surface area (Å²) in [4.78, 5) is 3.02. The molecule has 0 aliphatic heterocycles. The SMILES string of the molecule is NCCc1ccc(F)c2cc[nH]c12. The number of aromatic nitrogens is 1. The Morgan fingerprint density at radius 1 is 1.31 bits per heavy atom. The first-order valence-electron chi connectivity index (χ1n) is 4.27. The standard InChI is InChI=1S/C10H11FN2/c11-9-2-1-7(3-5-12)10-8(9)4-6-13-10/h1-2,4,6,13H,3,5,12H2. The number of hydrogen-bond acceptors (Lipinski definition) is 1. The van der Waals surface area contributed by atoms with Crippen molar-refractivity contribution < 1.29 is 4.39 Å². The summed E-state index contributed by atoms with van der Waals surface area (Å²) < 4.78 is 13.2. The van der Waals surface area contributed by atoms with Crippen molar-refractivity contribution in [2.45, 2.75) is 6.42 Å². The van der Waals surface area contributed by atoms with E-state index in [9.17, 15) is 4.39 Å². The Kier molecular flexibility index (Phi) is 2.02. The average molecular weight is 178 g/mol. The quantitative estimate of drug-likeness (QED) is 0.723. The molecule has 3 heteroatoms. The molecule has 0 fully saturated rings. The normalized spacial score (nSPS) is 10.9. The molecule has 68 valence electrons. The fraction of sp³-hybridized carbons (Fsp3) is 0.200. The maximum Gasteiger partial charge on any atom is 0.132 e. The summed E-state index contributed by atoms with van der Waals surface area (Å²) in [6.45, 7) is 0.583. The summed E-state index contributed by atoms with van der Waals surface area (Å²) in [5.74, 6) is -0.183. The van der Waals surface area contributed by atoms with Gasteiger partial charge in [-0.1, -0.05) is 6.07 Å². The van der Waals surface area contributed by atoms with E-state index in [0.29, 0.717) is 11.9 Å². The highest BCUT2D eigenvalue weighted by atomic mass is 19.1. The third-order valence-corrected chi connectivity index (χ3v) is 2.17. The van der Waals surface area contributed by atoms with Gasteiger partial charge in [0.1, 0.15) is 5.82 Å². The lowest BCUT2D eigenvalue weighted by molar-refractivity contribution is 0.639. The van der Waals surface area contributed by atoms with E-state index >= 15 is 0 Å². The largest absolute Gasteiger partial charge is 0.361 e. The van der Waals surface area contributed by atoms with E-state index in [0.717, 1.165) is 17.5 Å². The molecule has 0 saturated heterocycles. The fourth-order valence-electron chi connectivity index (χ4n) is 1.54. The zero-order valence-electron chi connectivity index (χ0n) is 7.18. The topological polar surface area (TPSA) is 41.8 Å². The van der Waals surface area contributed by atoms with Crippen molar-refractivity contribution in [3.8, 4) is 0 Å². The van der Waals surface area contributed by atoms with Gasteiger partial charge in [0.05, 0.1) is 5.52 Å². The molecule has 1 aromatic carbocycles. The van der Waals surface area contributed by atoms with Gasteiger partial charge in [-0.15, -0.1) is 0 Å². The minimum absolute atomic E-state index is 0.183. The lowest BCUT2D eigenvalue weighted by Crippen LogP contribution is -2.03. The smallest absolute Gasteiger partial charge is 0.132 e. The summed E-state index contributed by atoms with van der Waals surface area (Å²) in [6.07, 6.45) is 2.52. The van der Waals surface area contributed by atoms with E-state index in [-0.39, 0.29) is 5.82 Å². The van der Waals surface area contributed by atoms with Crippen LogP contribution in [-0.2, 0) is 6.42 Å². The molecular formula is C10H11FN2. The van der Waals surface area contributed by atoms with E-state index in [1.54, 1.807) is 18.3 Å². The second-order valence-electron chi connectivity index (χ2n) is 3.01. The van der Waals surface area contributed by atoms with E-state index in [4.69, 9.17) is 5.73 Å². The van der Waals surface area contributed by atoms with Crippen LogP contribution in [-0.4, -0.2) is 11.5 Å². The third-order valence-electron chi connectivity index (χ3n) is 2.17. The number of fused-ring (bicyclic) bond motifs is 1. The molecule has 0 aliphatic rings. The summed E-state index contributed by atoms with van der Waals surface area (Å²) in [6, 6.07) is 5.01. The monoisotopic (exact) mass is 178 g/mol. The molecule has 0 spiro atoms. The minimum atomic E-state index is -0.183. The number of rotatable bonds is 2. The van der Waals surface area contributed by atoms with Gasteiger partial charge in [-0.3, -0.25) is 0 Å². The van der Waals surface area contributed by atoms with Crippen molar-refractivity contribution in [3.63, 3.8) is 0 Å². The van der Waals surface area contributed by atoms with Crippen LogP contribution in [0.15, 0.2) is 24.4 Å². The minimum Gasteiger partial charge on any atom is -0.361 e. The van der Waals surface area contributed by atoms with Crippen LogP contribution in [0.25, 0.3) is 10.9 Å². The Balaban J connectivity index is 2.64. The molecule has 2 aromatic rings. The van der Waals surface area contributed by atoms with E-state index < -0.39 is 0 Å². The first-order valence-corrected chi connectivity index (χ1v) is 4.27. The molecule has 2 rings (SSSR count). The predicted octanol–water partition coefficient (Wildman–Crippen LogP) is 1.81. The van der Waals surface area contributed by atoms with Crippen molar-refractivity contribution in [3.05, 3.63) is 35.8 Å². The second kappa shape index (κ2) is 3.18. The van der Waals surface area contributed by atoms with Gasteiger partial charge in [0.25, 0.3) is 0 Å². The molecular weight excluding hydrogens is 167 g/mol. The predicted molar refractivity (Wildman–Crippen MR) is 51.0 cm³/mol. The van der Waals surface area contributed by atoms with Crippen LogP contribution in [0.3, 0.4) is 0 Å². The number of halogens is 1. The maximum atomic E-state index is 13.2. The van der Waals surface area contributed by atoms with Crippen LogP contribution < -0.4 is 5.73 Å². The van der Waals surface area contributed by atoms with Crippen LogP contribution in [0.4, 0.5) is 4.39 Å². The molecule has 0 aliphatic carbocycles. The highest BCUT2D eigenvalue weighted by Gasteiger charge is 2.05. The summed E-state index contributed by atoms with van der Waals surface area (Å²) in [5.41, 5.74) is 7.39. The summed E-state index contributed by atoms with van der Waals surface area (Å²) in [7, 11) is 0. The number of nitrogens with one attached hydrogen (secondary N) is 1. The van der Waals surface area contributed by atoms with Gasteiger partial charge < -0.3 is 10.7 Å². The first kappa shape index (κ1) is 8.26. The lowest BCUT2D eigenvalue weighted by atomic mass is 10.1. The lowest BCUT2D eigenvalue weighted by Gasteiger charge is -2.01. The Labute approximate surface area is 75.6 Å². The number of H-pyrrole nitrogens is 1. The van der Waals surface area contributed by atoms with Crippen molar-refractivity contribution in [1.82, 2.24) is 4.98 Å². The molecule has 1 heterocycles. The van der Waals surface area contributed by atoms with Crippen LogP contribution in [0.5, 0.6) is 0 Å². The number of nitrogens with two attached hydrogens (primary N) is 1. The van der Waals surface area contributed by atoms with Crippen LogP contribution in [0, 0.1) is 5.82 Å². The summed E-state index contributed by atoms with van der Waals surface area (Å²) >= 11 is 0. The van der Waals surface area contributed by atoms with Gasteiger partial charge in [0, 0.05) is 11.6 Å². The zero-order chi connectivity index (χ0) is 9.26. The zero-order valence-corrected chi connectivity index (χ0v) is 7.18. The van der Waals surface area contributed by atoms with Crippen molar-refractivity contribution in [2.75, 3.05) is 6.54 Å². The molecule has 13 heavy (non-hydrogen) atoms. The highest BCUT2D eigenvalue weighted by molar-refractivity contribution is 5.83. The van der Waals surface area contributed by atoms with Crippen LogP contribution in [0.1, 0.15) is 5.56 Å². The molecule has 0 amide bonds. The Morgan fingerprint density at radius 2 is 2.15 bits per heavy atom. The van der Waals surface area contributed by atoms with E-state index in [2.05, 4.69) is 4.98 Å². The Morgan fingerprint density at radius 3 is 2.92 bits per heavy atom. The van der Waals surface area contributed by atoms with Crippen molar-refractivity contribution >= 4 is 10.9 Å². The molecule has 0 unspecified atom stereocenters. The van der Waals surface area contributed by atoms with Crippen LogP contribution >= 0.6 is 0 Å². The van der Waals surface area contributed by atoms with Gasteiger partial charge in [-0.25, -0.2) is 4.39 Å². The Hall–Kier alpha value is -1.35. The van der Waals surface area contributed by atoms with Crippen molar-refractivity contribution in [1.29, 1.82) is 0 Å². The maximum absolute atomic E-state index is 13.2. The average Bonchev–Trinajstić information content (AvgIpc) is 2.59. The fourth-order valence-corrected chi connectivity index (χ4v) is 1.54. The molecule has 0 atom stereocenters. The van der Waals surface area contributed by atoms with Gasteiger partial charge >= 0.3 is 0 Å². The number of hydrogen-bond donors (Lipinski definition) is 2. The van der Waals surface area contributed by atoms with E-state index in [1.807, 2.05) is 0 Å². The first-order chi connectivity index (χ1) is 6.33. The highest BCUT2D eigenvalue weighted by Crippen LogP contribution is 2.20. The van der Waals surface area contributed by atoms with Gasteiger partial charge in [-0.2, -0.15) is 0 Å². The van der Waals surface area contributed by atoms with Crippen molar-refractivity contribution in [2.24, 2.45) is 5.73 Å². The molecule has 0 saturated carbocycles. The van der Waals surface area contributed by atoms with E-state index in [1.165, 1.54) is 6.07 Å². The number of aromatic amines is 1. The van der Waals surface area contributed by atoms with Gasteiger partial charge in [0.2, 0.25) is 0 Å². The summed E-state index contributed by atoms with van der Waals surface area (Å²) in [5, 5.41) is 0.644. The van der Waals surface area contributed by atoms with Gasteiger partial charge in [0.15, 0.2) is 0 Å². The second-order valence-corrected chi connectivity index (χ2v) is 3.01. The molecule has 0 bridgehead atoms. The molecule has 3 N–H and O–H groups in total.